The molecular weight excluding hydrogens is 392 g/mol. The molecule has 6 heteroatoms. The van der Waals surface area contributed by atoms with Crippen LogP contribution >= 0.6 is 23.4 Å². The van der Waals surface area contributed by atoms with Crippen LogP contribution in [0.1, 0.15) is 32.8 Å². The van der Waals surface area contributed by atoms with E-state index < -0.39 is 6.04 Å². The van der Waals surface area contributed by atoms with Crippen molar-refractivity contribution >= 4 is 35.2 Å². The van der Waals surface area contributed by atoms with Gasteiger partial charge in [0.2, 0.25) is 11.8 Å². The van der Waals surface area contributed by atoms with E-state index in [1.165, 1.54) is 0 Å². The van der Waals surface area contributed by atoms with Gasteiger partial charge in [0.25, 0.3) is 0 Å². The van der Waals surface area contributed by atoms with Gasteiger partial charge in [-0.05, 0) is 50.6 Å². The van der Waals surface area contributed by atoms with Crippen molar-refractivity contribution < 1.29 is 9.59 Å². The smallest absolute Gasteiger partial charge is 0.242 e. The summed E-state index contributed by atoms with van der Waals surface area (Å²) in [7, 11) is 0. The summed E-state index contributed by atoms with van der Waals surface area (Å²) < 4.78 is 0. The number of carbonyl (C=O) groups is 2. The molecule has 0 bridgehead atoms. The first-order valence-electron chi connectivity index (χ1n) is 9.39. The highest BCUT2D eigenvalue weighted by molar-refractivity contribution is 7.99. The zero-order chi connectivity index (χ0) is 20.5. The number of amides is 2. The fourth-order valence-electron chi connectivity index (χ4n) is 2.69. The molecule has 1 N–H and O–H groups in total. The van der Waals surface area contributed by atoms with Crippen molar-refractivity contribution in [2.75, 3.05) is 5.75 Å². The molecule has 0 saturated heterocycles. The van der Waals surface area contributed by atoms with Crippen LogP contribution in [0.2, 0.25) is 5.02 Å². The maximum atomic E-state index is 12.9. The molecule has 0 saturated carbocycles. The summed E-state index contributed by atoms with van der Waals surface area (Å²) in [6, 6.07) is 16.8. The van der Waals surface area contributed by atoms with Crippen LogP contribution in [0.4, 0.5) is 0 Å². The zero-order valence-corrected chi connectivity index (χ0v) is 18.1. The first-order valence-corrected chi connectivity index (χ1v) is 10.8. The highest BCUT2D eigenvalue weighted by Gasteiger charge is 2.26. The average Bonchev–Trinajstić information content (AvgIpc) is 2.67. The number of hydrogen-bond donors (Lipinski definition) is 1. The Hall–Kier alpha value is -1.98. The second kappa shape index (κ2) is 11.1. The molecule has 2 aromatic rings. The van der Waals surface area contributed by atoms with Gasteiger partial charge in [-0.3, -0.25) is 9.59 Å². The van der Waals surface area contributed by atoms with Crippen LogP contribution < -0.4 is 5.32 Å². The lowest BCUT2D eigenvalue weighted by molar-refractivity contribution is -0.140. The Kier molecular flexibility index (Phi) is 8.87. The van der Waals surface area contributed by atoms with Gasteiger partial charge in [-0.2, -0.15) is 0 Å². The molecule has 0 fully saturated rings. The molecule has 1 atom stereocenters. The fourth-order valence-corrected chi connectivity index (χ4v) is 3.68. The molecule has 2 rings (SSSR count). The minimum absolute atomic E-state index is 0.0241. The highest BCUT2D eigenvalue weighted by Crippen LogP contribution is 2.20. The lowest BCUT2D eigenvalue weighted by atomic mass is 10.1. The Morgan fingerprint density at radius 2 is 1.68 bits per heavy atom. The second-order valence-corrected chi connectivity index (χ2v) is 8.50. The lowest BCUT2D eigenvalue weighted by Gasteiger charge is -2.29. The van der Waals surface area contributed by atoms with Gasteiger partial charge < -0.3 is 10.2 Å². The van der Waals surface area contributed by atoms with Crippen molar-refractivity contribution in [2.24, 2.45) is 0 Å². The minimum Gasteiger partial charge on any atom is -0.352 e. The molecule has 0 unspecified atom stereocenters. The standard InChI is InChI=1S/C22H27ClN2O2S/c1-16(2)24-22(27)17(3)25(15-18-9-11-19(23)12-10-18)21(26)13-14-28-20-7-5-4-6-8-20/h4-12,16-17H,13-15H2,1-3H3,(H,24,27)/t17-/m1/s1. The van der Waals surface area contributed by atoms with Gasteiger partial charge in [-0.1, -0.05) is 41.9 Å². The maximum absolute atomic E-state index is 12.9. The molecular formula is C22H27ClN2O2S. The van der Waals surface area contributed by atoms with Gasteiger partial charge in [-0.25, -0.2) is 0 Å². The summed E-state index contributed by atoms with van der Waals surface area (Å²) in [4.78, 5) is 28.2. The van der Waals surface area contributed by atoms with Crippen molar-refractivity contribution in [3.63, 3.8) is 0 Å². The van der Waals surface area contributed by atoms with E-state index in [9.17, 15) is 9.59 Å². The van der Waals surface area contributed by atoms with Crippen molar-refractivity contribution in [2.45, 2.75) is 50.7 Å². The first-order chi connectivity index (χ1) is 13.4. The second-order valence-electron chi connectivity index (χ2n) is 6.90. The number of nitrogens with one attached hydrogen (secondary N) is 1. The van der Waals surface area contributed by atoms with E-state index in [0.717, 1.165) is 10.5 Å². The Bertz CT molecular complexity index is 766. The highest BCUT2D eigenvalue weighted by atomic mass is 35.5. The van der Waals surface area contributed by atoms with Crippen LogP contribution in [-0.2, 0) is 16.1 Å². The van der Waals surface area contributed by atoms with Crippen LogP contribution in [0.5, 0.6) is 0 Å². The molecule has 0 aromatic heterocycles. The molecule has 150 valence electrons. The molecule has 2 aromatic carbocycles. The Morgan fingerprint density at radius 1 is 1.04 bits per heavy atom. The molecule has 4 nitrogen and oxygen atoms in total. The van der Waals surface area contributed by atoms with Crippen molar-refractivity contribution in [1.29, 1.82) is 0 Å². The summed E-state index contributed by atoms with van der Waals surface area (Å²) in [6.07, 6.45) is 0.368. The zero-order valence-electron chi connectivity index (χ0n) is 16.5. The van der Waals surface area contributed by atoms with Gasteiger partial charge in [0, 0.05) is 34.7 Å². The van der Waals surface area contributed by atoms with Crippen LogP contribution in [0, 0.1) is 0 Å². The number of rotatable bonds is 9. The van der Waals surface area contributed by atoms with Crippen molar-refractivity contribution in [3.8, 4) is 0 Å². The fraction of sp³-hybridized carbons (Fsp3) is 0.364. The van der Waals surface area contributed by atoms with Crippen LogP contribution in [0.3, 0.4) is 0 Å². The van der Waals surface area contributed by atoms with E-state index in [1.807, 2.05) is 56.3 Å². The van der Waals surface area contributed by atoms with E-state index in [4.69, 9.17) is 11.6 Å². The number of nitrogens with zero attached hydrogens (tertiary/aromatic N) is 1. The van der Waals surface area contributed by atoms with E-state index in [2.05, 4.69) is 5.32 Å². The third-order valence-electron chi connectivity index (χ3n) is 4.19. The lowest BCUT2D eigenvalue weighted by Crippen LogP contribution is -2.49. The maximum Gasteiger partial charge on any atom is 0.242 e. The van der Waals surface area contributed by atoms with E-state index in [-0.39, 0.29) is 17.9 Å². The molecule has 0 aliphatic heterocycles. The summed E-state index contributed by atoms with van der Waals surface area (Å²) in [6.45, 7) is 5.97. The van der Waals surface area contributed by atoms with Crippen molar-refractivity contribution in [3.05, 3.63) is 65.2 Å². The third-order valence-corrected chi connectivity index (χ3v) is 5.46. The van der Waals surface area contributed by atoms with Gasteiger partial charge in [0.05, 0.1) is 0 Å². The summed E-state index contributed by atoms with van der Waals surface area (Å²) >= 11 is 7.60. The molecule has 0 aliphatic rings. The number of benzene rings is 2. The van der Waals surface area contributed by atoms with Crippen LogP contribution in [0.15, 0.2) is 59.5 Å². The van der Waals surface area contributed by atoms with Crippen LogP contribution in [-0.4, -0.2) is 34.6 Å². The predicted molar refractivity (Wildman–Crippen MR) is 117 cm³/mol. The molecule has 0 spiro atoms. The largest absolute Gasteiger partial charge is 0.352 e. The summed E-state index contributed by atoms with van der Waals surface area (Å²) in [5, 5.41) is 3.54. The summed E-state index contributed by atoms with van der Waals surface area (Å²) in [5.41, 5.74) is 0.942. The monoisotopic (exact) mass is 418 g/mol. The Labute approximate surface area is 176 Å². The Balaban J connectivity index is 2.05. The Morgan fingerprint density at radius 3 is 2.29 bits per heavy atom. The van der Waals surface area contributed by atoms with Gasteiger partial charge in [-0.15, -0.1) is 11.8 Å². The normalized spacial score (nSPS) is 11.9. The quantitative estimate of drug-likeness (QED) is 0.597. The SMILES string of the molecule is CC(C)NC(=O)[C@@H](C)N(Cc1ccc(Cl)cc1)C(=O)CCSc1ccccc1. The molecule has 2 amide bonds. The molecule has 0 heterocycles. The van der Waals surface area contributed by atoms with Gasteiger partial charge in [0.15, 0.2) is 0 Å². The van der Waals surface area contributed by atoms with Crippen molar-refractivity contribution in [1.82, 2.24) is 10.2 Å². The van der Waals surface area contributed by atoms with E-state index in [0.29, 0.717) is 23.7 Å². The van der Waals surface area contributed by atoms with E-state index in [1.54, 1.807) is 35.7 Å². The molecule has 28 heavy (non-hydrogen) atoms. The number of halogens is 1. The average molecular weight is 419 g/mol. The van der Waals surface area contributed by atoms with Gasteiger partial charge >= 0.3 is 0 Å². The molecule has 0 aliphatic carbocycles. The number of thioether (sulfide) groups is 1. The number of hydrogen-bond acceptors (Lipinski definition) is 3. The van der Waals surface area contributed by atoms with E-state index >= 15 is 0 Å². The third kappa shape index (κ3) is 7.21. The van der Waals surface area contributed by atoms with Crippen LogP contribution in [0.25, 0.3) is 0 Å². The molecule has 0 radical (unpaired) electrons. The number of carbonyl (C=O) groups excluding carboxylic acids is 2. The first kappa shape index (κ1) is 22.3. The van der Waals surface area contributed by atoms with Gasteiger partial charge in [0.1, 0.15) is 6.04 Å². The topological polar surface area (TPSA) is 49.4 Å². The summed E-state index contributed by atoms with van der Waals surface area (Å²) in [5.74, 6) is 0.483. The minimum atomic E-state index is -0.549. The predicted octanol–water partition coefficient (Wildman–Crippen LogP) is 4.76.